The highest BCUT2D eigenvalue weighted by atomic mass is 16.3. The number of likely N-dealkylation sites (tertiary alicyclic amines) is 1. The maximum absolute atomic E-state index is 12.7. The average molecular weight is 289 g/mol. The van der Waals surface area contributed by atoms with Crippen LogP contribution in [-0.2, 0) is 0 Å². The fraction of sp³-hybridized carbons (Fsp3) is 0.667. The van der Waals surface area contributed by atoms with Gasteiger partial charge >= 0.3 is 0 Å². The van der Waals surface area contributed by atoms with Crippen LogP contribution in [0.15, 0.2) is 10.9 Å². The third-order valence-corrected chi connectivity index (χ3v) is 5.02. The topological polar surface area (TPSA) is 86.3 Å². The van der Waals surface area contributed by atoms with E-state index in [-0.39, 0.29) is 23.2 Å². The van der Waals surface area contributed by atoms with Crippen LogP contribution in [-0.4, -0.2) is 44.6 Å². The summed E-state index contributed by atoms with van der Waals surface area (Å²) in [7, 11) is 0. The van der Waals surface area contributed by atoms with Crippen LogP contribution < -0.4 is 5.56 Å². The van der Waals surface area contributed by atoms with E-state index < -0.39 is 6.10 Å². The minimum Gasteiger partial charge on any atom is -0.391 e. The lowest BCUT2D eigenvalue weighted by atomic mass is 10.0. The standard InChI is InChI=1S/C15H19N3O3/c19-11-4-3-8-5-6-18(13(8)11)15(21)10-7-12(20)17-14(16-10)9-1-2-9/h7-9,11,13,19H,1-6H2,(H,16,17,20)/t8-,11-,13+/m1/s1. The van der Waals surface area contributed by atoms with E-state index in [2.05, 4.69) is 9.97 Å². The van der Waals surface area contributed by atoms with Crippen LogP contribution in [0, 0.1) is 5.92 Å². The molecule has 3 aliphatic rings. The van der Waals surface area contributed by atoms with Crippen molar-refractivity contribution < 1.29 is 9.90 Å². The molecule has 1 aliphatic heterocycles. The summed E-state index contributed by atoms with van der Waals surface area (Å²) in [6.45, 7) is 0.651. The number of hydrogen-bond donors (Lipinski definition) is 2. The number of rotatable bonds is 2. The van der Waals surface area contributed by atoms with Gasteiger partial charge in [0.2, 0.25) is 0 Å². The zero-order chi connectivity index (χ0) is 14.6. The lowest BCUT2D eigenvalue weighted by molar-refractivity contribution is 0.0525. The summed E-state index contributed by atoms with van der Waals surface area (Å²) in [6, 6.07) is 1.19. The normalized spacial score (nSPS) is 31.5. The van der Waals surface area contributed by atoms with E-state index >= 15 is 0 Å². The van der Waals surface area contributed by atoms with Gasteiger partial charge in [-0.3, -0.25) is 9.59 Å². The highest BCUT2D eigenvalue weighted by Gasteiger charge is 2.45. The van der Waals surface area contributed by atoms with E-state index in [1.807, 2.05) is 0 Å². The summed E-state index contributed by atoms with van der Waals surface area (Å²) in [5.74, 6) is 1.12. The minimum atomic E-state index is -0.439. The van der Waals surface area contributed by atoms with Gasteiger partial charge in [0.05, 0.1) is 12.1 Å². The second kappa shape index (κ2) is 4.66. The highest BCUT2D eigenvalue weighted by molar-refractivity contribution is 5.92. The van der Waals surface area contributed by atoms with Crippen molar-refractivity contribution in [1.29, 1.82) is 0 Å². The fourth-order valence-corrected chi connectivity index (χ4v) is 3.79. The number of carbonyl (C=O) groups is 1. The number of amides is 1. The van der Waals surface area contributed by atoms with E-state index in [1.54, 1.807) is 4.90 Å². The summed E-state index contributed by atoms with van der Waals surface area (Å²) in [5.41, 5.74) is -0.0432. The molecule has 2 saturated carbocycles. The number of nitrogens with zero attached hydrogens (tertiary/aromatic N) is 2. The van der Waals surface area contributed by atoms with Crippen molar-refractivity contribution in [2.24, 2.45) is 5.92 Å². The van der Waals surface area contributed by atoms with Gasteiger partial charge in [-0.25, -0.2) is 4.98 Å². The van der Waals surface area contributed by atoms with Gasteiger partial charge in [0.15, 0.2) is 0 Å². The van der Waals surface area contributed by atoms with Crippen molar-refractivity contribution in [2.75, 3.05) is 6.54 Å². The molecule has 0 radical (unpaired) electrons. The van der Waals surface area contributed by atoms with E-state index in [1.165, 1.54) is 6.07 Å². The molecular formula is C15H19N3O3. The van der Waals surface area contributed by atoms with E-state index in [4.69, 9.17) is 0 Å². The Labute approximate surface area is 122 Å². The first kappa shape index (κ1) is 13.0. The predicted molar refractivity (Wildman–Crippen MR) is 75.0 cm³/mol. The maximum Gasteiger partial charge on any atom is 0.273 e. The van der Waals surface area contributed by atoms with Crippen molar-refractivity contribution in [3.05, 3.63) is 27.9 Å². The molecule has 6 heteroatoms. The first-order valence-corrected chi connectivity index (χ1v) is 7.74. The first-order valence-electron chi connectivity index (χ1n) is 7.74. The summed E-state index contributed by atoms with van der Waals surface area (Å²) in [5, 5.41) is 10.1. The zero-order valence-electron chi connectivity index (χ0n) is 11.8. The quantitative estimate of drug-likeness (QED) is 0.836. The van der Waals surface area contributed by atoms with Gasteiger partial charge < -0.3 is 15.0 Å². The Morgan fingerprint density at radius 2 is 2.10 bits per heavy atom. The monoisotopic (exact) mass is 289 g/mol. The van der Waals surface area contributed by atoms with Gasteiger partial charge in [-0.15, -0.1) is 0 Å². The van der Waals surface area contributed by atoms with Crippen LogP contribution in [0.1, 0.15) is 54.3 Å². The molecule has 0 aromatic carbocycles. The fourth-order valence-electron chi connectivity index (χ4n) is 3.79. The van der Waals surface area contributed by atoms with Gasteiger partial charge in [0, 0.05) is 18.5 Å². The van der Waals surface area contributed by atoms with Crippen molar-refractivity contribution in [2.45, 2.75) is 50.2 Å². The lowest BCUT2D eigenvalue weighted by Gasteiger charge is -2.26. The largest absolute Gasteiger partial charge is 0.391 e. The molecule has 1 saturated heterocycles. The number of aromatic amines is 1. The number of aromatic nitrogens is 2. The molecule has 21 heavy (non-hydrogen) atoms. The summed E-state index contributed by atoms with van der Waals surface area (Å²) >= 11 is 0. The predicted octanol–water partition coefficient (Wildman–Crippen LogP) is 0.633. The summed E-state index contributed by atoms with van der Waals surface area (Å²) in [6.07, 6.45) is 4.28. The lowest BCUT2D eigenvalue weighted by Crippen LogP contribution is -2.43. The molecule has 4 rings (SSSR count). The van der Waals surface area contributed by atoms with Crippen LogP contribution in [0.25, 0.3) is 0 Å². The molecule has 2 aliphatic carbocycles. The van der Waals surface area contributed by atoms with Crippen LogP contribution >= 0.6 is 0 Å². The number of aliphatic hydroxyl groups excluding tert-OH is 1. The molecule has 3 fully saturated rings. The second-order valence-corrected chi connectivity index (χ2v) is 6.47. The molecule has 0 bridgehead atoms. The van der Waals surface area contributed by atoms with E-state index in [0.717, 1.165) is 32.1 Å². The minimum absolute atomic E-state index is 0.0945. The Morgan fingerprint density at radius 3 is 2.86 bits per heavy atom. The Bertz CT molecular complexity index is 637. The Hall–Kier alpha value is -1.69. The summed E-state index contributed by atoms with van der Waals surface area (Å²) < 4.78 is 0. The SMILES string of the molecule is O=C(c1cc(=O)[nH]c(C2CC2)n1)N1CC[C@H]2CC[C@@H](O)[C@H]21. The van der Waals surface area contributed by atoms with Gasteiger partial charge in [-0.1, -0.05) is 0 Å². The first-order chi connectivity index (χ1) is 10.1. The third kappa shape index (κ3) is 2.18. The molecule has 6 nitrogen and oxygen atoms in total. The molecule has 1 amide bonds. The molecule has 1 aromatic heterocycles. The van der Waals surface area contributed by atoms with Crippen molar-refractivity contribution in [3.63, 3.8) is 0 Å². The number of nitrogens with one attached hydrogen (secondary N) is 1. The second-order valence-electron chi connectivity index (χ2n) is 6.47. The molecule has 112 valence electrons. The molecule has 0 unspecified atom stereocenters. The van der Waals surface area contributed by atoms with Gasteiger partial charge in [-0.2, -0.15) is 0 Å². The Morgan fingerprint density at radius 1 is 1.29 bits per heavy atom. The highest BCUT2D eigenvalue weighted by Crippen LogP contribution is 2.39. The summed E-state index contributed by atoms with van der Waals surface area (Å²) in [4.78, 5) is 33.2. The third-order valence-electron chi connectivity index (χ3n) is 5.02. The van der Waals surface area contributed by atoms with Crippen LogP contribution in [0.2, 0.25) is 0 Å². The molecule has 0 spiro atoms. The van der Waals surface area contributed by atoms with Crippen molar-refractivity contribution in [3.8, 4) is 0 Å². The number of H-pyrrole nitrogens is 1. The average Bonchev–Trinajstić information content (AvgIpc) is 3.13. The van der Waals surface area contributed by atoms with E-state index in [9.17, 15) is 14.7 Å². The maximum atomic E-state index is 12.7. The number of aliphatic hydroxyl groups is 1. The zero-order valence-corrected chi connectivity index (χ0v) is 11.8. The molecule has 2 heterocycles. The Kier molecular flexibility index (Phi) is 2.89. The molecule has 2 N–H and O–H groups in total. The van der Waals surface area contributed by atoms with Gasteiger partial charge in [-0.05, 0) is 38.0 Å². The van der Waals surface area contributed by atoms with Crippen LogP contribution in [0.5, 0.6) is 0 Å². The van der Waals surface area contributed by atoms with Crippen molar-refractivity contribution >= 4 is 5.91 Å². The molecular weight excluding hydrogens is 270 g/mol. The van der Waals surface area contributed by atoms with Crippen LogP contribution in [0.4, 0.5) is 0 Å². The Balaban J connectivity index is 1.64. The molecule has 3 atom stereocenters. The van der Waals surface area contributed by atoms with Crippen LogP contribution in [0.3, 0.4) is 0 Å². The van der Waals surface area contributed by atoms with Gasteiger partial charge in [0.1, 0.15) is 11.5 Å². The smallest absolute Gasteiger partial charge is 0.273 e. The number of carbonyl (C=O) groups excluding carboxylic acids is 1. The van der Waals surface area contributed by atoms with Gasteiger partial charge in [0.25, 0.3) is 11.5 Å². The van der Waals surface area contributed by atoms with Crippen molar-refractivity contribution in [1.82, 2.24) is 14.9 Å². The number of fused-ring (bicyclic) bond motifs is 1. The van der Waals surface area contributed by atoms with E-state index in [0.29, 0.717) is 24.2 Å². The molecule has 1 aromatic rings. The number of hydrogen-bond acceptors (Lipinski definition) is 4.